The molecule has 2 nitrogen and oxygen atoms in total. The summed E-state index contributed by atoms with van der Waals surface area (Å²) >= 11 is 0. The maximum atomic E-state index is 12.0. The van der Waals surface area contributed by atoms with Crippen LogP contribution in [0.15, 0.2) is 54.6 Å². The Morgan fingerprint density at radius 2 is 1.37 bits per heavy atom. The molecule has 0 heterocycles. The van der Waals surface area contributed by atoms with Gasteiger partial charge in [0.2, 0.25) is 0 Å². The van der Waals surface area contributed by atoms with Gasteiger partial charge in [-0.15, -0.1) is 13.2 Å². The first-order chi connectivity index (χ1) is 8.96. The highest BCUT2D eigenvalue weighted by Crippen LogP contribution is 2.27. The Bertz CT molecular complexity index is 523. The van der Waals surface area contributed by atoms with Crippen LogP contribution in [0.1, 0.15) is 0 Å². The van der Waals surface area contributed by atoms with Crippen LogP contribution in [0.4, 0.5) is 24.5 Å². The molecule has 0 spiro atoms. The number of benzene rings is 2. The molecule has 2 aromatic rings. The van der Waals surface area contributed by atoms with Crippen molar-refractivity contribution in [2.75, 3.05) is 11.9 Å². The number of rotatable bonds is 3. The van der Waals surface area contributed by atoms with E-state index in [2.05, 4.69) is 4.74 Å². The fraction of sp³-hybridized carbons (Fsp3) is 0.143. The standard InChI is InChI=1S/C14H12F3NO/c1-18(11-5-3-2-4-6-11)12-7-9-13(10-8-12)19-14(15,16)17/h2-10H,1H3. The zero-order chi connectivity index (χ0) is 13.9. The van der Waals surface area contributed by atoms with Crippen molar-refractivity contribution in [3.05, 3.63) is 54.6 Å². The second-order valence-electron chi connectivity index (χ2n) is 3.94. The molecular weight excluding hydrogens is 255 g/mol. The predicted molar refractivity (Wildman–Crippen MR) is 67.6 cm³/mol. The third kappa shape index (κ3) is 3.64. The maximum absolute atomic E-state index is 12.0. The van der Waals surface area contributed by atoms with Gasteiger partial charge in [-0.3, -0.25) is 0 Å². The molecule has 0 amide bonds. The topological polar surface area (TPSA) is 12.5 Å². The van der Waals surface area contributed by atoms with Gasteiger partial charge in [0.1, 0.15) is 5.75 Å². The zero-order valence-corrected chi connectivity index (χ0v) is 10.2. The summed E-state index contributed by atoms with van der Waals surface area (Å²) in [4.78, 5) is 1.87. The Morgan fingerprint density at radius 3 is 1.89 bits per heavy atom. The van der Waals surface area contributed by atoms with Gasteiger partial charge in [-0.25, -0.2) is 0 Å². The van der Waals surface area contributed by atoms with Crippen molar-refractivity contribution in [3.63, 3.8) is 0 Å². The third-order valence-corrected chi connectivity index (χ3v) is 2.60. The van der Waals surface area contributed by atoms with Crippen LogP contribution in [0.5, 0.6) is 5.75 Å². The number of hydrogen-bond donors (Lipinski definition) is 0. The summed E-state index contributed by atoms with van der Waals surface area (Å²) in [5.74, 6) is -0.224. The highest BCUT2D eigenvalue weighted by molar-refractivity contribution is 5.62. The number of hydrogen-bond acceptors (Lipinski definition) is 2. The van der Waals surface area contributed by atoms with Crippen LogP contribution in [0.3, 0.4) is 0 Å². The number of para-hydroxylation sites is 1. The van der Waals surface area contributed by atoms with Crippen LogP contribution in [0, 0.1) is 0 Å². The molecule has 100 valence electrons. The molecule has 0 N–H and O–H groups in total. The van der Waals surface area contributed by atoms with Crippen molar-refractivity contribution < 1.29 is 17.9 Å². The van der Waals surface area contributed by atoms with Gasteiger partial charge < -0.3 is 9.64 Å². The van der Waals surface area contributed by atoms with E-state index in [4.69, 9.17) is 0 Å². The molecule has 0 aliphatic rings. The zero-order valence-electron chi connectivity index (χ0n) is 10.2. The molecule has 0 aromatic heterocycles. The first-order valence-corrected chi connectivity index (χ1v) is 5.60. The van der Waals surface area contributed by atoms with Gasteiger partial charge in [0.15, 0.2) is 0 Å². The van der Waals surface area contributed by atoms with Crippen LogP contribution >= 0.6 is 0 Å². The molecule has 0 bridgehead atoms. The Hall–Kier alpha value is -2.17. The molecule has 0 aliphatic heterocycles. The van der Waals surface area contributed by atoms with E-state index in [1.165, 1.54) is 12.1 Å². The quantitative estimate of drug-likeness (QED) is 0.819. The summed E-state index contributed by atoms with van der Waals surface area (Å²) in [6, 6.07) is 15.3. The van der Waals surface area contributed by atoms with E-state index in [1.54, 1.807) is 12.1 Å². The minimum atomic E-state index is -4.66. The Morgan fingerprint density at radius 1 is 0.842 bits per heavy atom. The van der Waals surface area contributed by atoms with Gasteiger partial charge in [-0.2, -0.15) is 0 Å². The van der Waals surface area contributed by atoms with E-state index in [-0.39, 0.29) is 5.75 Å². The van der Waals surface area contributed by atoms with Crippen molar-refractivity contribution in [1.82, 2.24) is 0 Å². The van der Waals surface area contributed by atoms with E-state index in [9.17, 15) is 13.2 Å². The summed E-state index contributed by atoms with van der Waals surface area (Å²) < 4.78 is 39.9. The van der Waals surface area contributed by atoms with E-state index in [0.29, 0.717) is 0 Å². The second kappa shape index (κ2) is 5.22. The Labute approximate surface area is 109 Å². The molecule has 0 aliphatic carbocycles. The molecular formula is C14H12F3NO. The normalized spacial score (nSPS) is 11.2. The molecule has 0 unspecified atom stereocenters. The van der Waals surface area contributed by atoms with Crippen LogP contribution in [-0.4, -0.2) is 13.4 Å². The molecule has 19 heavy (non-hydrogen) atoms. The lowest BCUT2D eigenvalue weighted by Crippen LogP contribution is -2.17. The van der Waals surface area contributed by atoms with Gasteiger partial charge in [0.25, 0.3) is 0 Å². The van der Waals surface area contributed by atoms with Gasteiger partial charge in [0.05, 0.1) is 0 Å². The predicted octanol–water partition coefficient (Wildman–Crippen LogP) is 4.35. The van der Waals surface area contributed by atoms with E-state index in [1.807, 2.05) is 42.3 Å². The van der Waals surface area contributed by atoms with E-state index in [0.717, 1.165) is 11.4 Å². The van der Waals surface area contributed by atoms with Crippen molar-refractivity contribution in [3.8, 4) is 5.75 Å². The summed E-state index contributed by atoms with van der Waals surface area (Å²) in [6.07, 6.45) is -4.66. The van der Waals surface area contributed by atoms with Crippen molar-refractivity contribution in [2.24, 2.45) is 0 Å². The van der Waals surface area contributed by atoms with Crippen molar-refractivity contribution >= 4 is 11.4 Å². The van der Waals surface area contributed by atoms with Crippen molar-refractivity contribution in [1.29, 1.82) is 0 Å². The highest BCUT2D eigenvalue weighted by Gasteiger charge is 2.30. The summed E-state index contributed by atoms with van der Waals surface area (Å²) in [6.45, 7) is 0. The number of anilines is 2. The number of nitrogens with zero attached hydrogens (tertiary/aromatic N) is 1. The van der Waals surface area contributed by atoms with Gasteiger partial charge >= 0.3 is 6.36 Å². The average Bonchev–Trinajstić information content (AvgIpc) is 2.38. The second-order valence-corrected chi connectivity index (χ2v) is 3.94. The van der Waals surface area contributed by atoms with Crippen LogP contribution in [0.25, 0.3) is 0 Å². The summed E-state index contributed by atoms with van der Waals surface area (Å²) in [5, 5.41) is 0. The largest absolute Gasteiger partial charge is 0.573 e. The number of ether oxygens (including phenoxy) is 1. The van der Waals surface area contributed by atoms with Gasteiger partial charge in [-0.1, -0.05) is 18.2 Å². The van der Waals surface area contributed by atoms with E-state index < -0.39 is 6.36 Å². The van der Waals surface area contributed by atoms with Crippen molar-refractivity contribution in [2.45, 2.75) is 6.36 Å². The molecule has 0 fully saturated rings. The highest BCUT2D eigenvalue weighted by atomic mass is 19.4. The molecule has 5 heteroatoms. The number of halogens is 3. The molecule has 0 atom stereocenters. The maximum Gasteiger partial charge on any atom is 0.573 e. The monoisotopic (exact) mass is 267 g/mol. The summed E-state index contributed by atoms with van der Waals surface area (Å²) in [7, 11) is 1.84. The first-order valence-electron chi connectivity index (χ1n) is 5.60. The van der Waals surface area contributed by atoms with Crippen LogP contribution in [0.2, 0.25) is 0 Å². The SMILES string of the molecule is CN(c1ccccc1)c1ccc(OC(F)(F)F)cc1. The van der Waals surface area contributed by atoms with Gasteiger partial charge in [-0.05, 0) is 36.4 Å². The third-order valence-electron chi connectivity index (χ3n) is 2.60. The van der Waals surface area contributed by atoms with E-state index >= 15 is 0 Å². The van der Waals surface area contributed by atoms with Crippen LogP contribution < -0.4 is 9.64 Å². The fourth-order valence-corrected chi connectivity index (χ4v) is 1.67. The summed E-state index contributed by atoms with van der Waals surface area (Å²) in [5.41, 5.74) is 1.73. The smallest absolute Gasteiger partial charge is 0.406 e. The van der Waals surface area contributed by atoms with Gasteiger partial charge in [0, 0.05) is 18.4 Å². The minimum Gasteiger partial charge on any atom is -0.406 e. The number of alkyl halides is 3. The lowest BCUT2D eigenvalue weighted by molar-refractivity contribution is -0.274. The Balaban J connectivity index is 2.15. The minimum absolute atomic E-state index is 0.224. The lowest BCUT2D eigenvalue weighted by Gasteiger charge is -2.19. The molecule has 2 rings (SSSR count). The van der Waals surface area contributed by atoms with Crippen LogP contribution in [-0.2, 0) is 0 Å². The lowest BCUT2D eigenvalue weighted by atomic mass is 10.2. The Kier molecular flexibility index (Phi) is 3.64. The fourth-order valence-electron chi connectivity index (χ4n) is 1.67. The molecule has 0 saturated carbocycles. The molecule has 0 saturated heterocycles. The average molecular weight is 267 g/mol. The first kappa shape index (κ1) is 13.3. The molecule has 2 aromatic carbocycles. The molecule has 0 radical (unpaired) electrons.